The molecule has 1 heterocycles. The second-order valence-electron chi connectivity index (χ2n) is 13.4. The van der Waals surface area contributed by atoms with Gasteiger partial charge >= 0.3 is 0 Å². The van der Waals surface area contributed by atoms with Gasteiger partial charge in [-0.15, -0.1) is 0 Å². The van der Waals surface area contributed by atoms with Crippen molar-refractivity contribution in [3.8, 4) is 27.9 Å². The molecular formula is C50H34N2. The van der Waals surface area contributed by atoms with Gasteiger partial charge in [0.1, 0.15) is 0 Å². The first kappa shape index (κ1) is 30.0. The predicted octanol–water partition coefficient (Wildman–Crippen LogP) is 13.9. The van der Waals surface area contributed by atoms with E-state index < -0.39 is 0 Å². The molecular weight excluding hydrogens is 629 g/mol. The topological polar surface area (TPSA) is 8.17 Å². The summed E-state index contributed by atoms with van der Waals surface area (Å²) in [6.45, 7) is 0. The van der Waals surface area contributed by atoms with Crippen LogP contribution in [0.4, 0.5) is 17.1 Å². The maximum atomic E-state index is 2.45. The van der Waals surface area contributed by atoms with Crippen LogP contribution in [-0.4, -0.2) is 4.57 Å². The minimum Gasteiger partial charge on any atom is -0.310 e. The molecule has 52 heavy (non-hydrogen) atoms. The molecule has 0 amide bonds. The molecule has 0 aliphatic carbocycles. The molecule has 10 rings (SSSR count). The lowest BCUT2D eigenvalue weighted by atomic mass is 10.0. The van der Waals surface area contributed by atoms with Crippen LogP contribution in [0.5, 0.6) is 0 Å². The van der Waals surface area contributed by atoms with Crippen LogP contribution in [0.15, 0.2) is 206 Å². The van der Waals surface area contributed by atoms with Crippen molar-refractivity contribution in [2.75, 3.05) is 4.90 Å². The third-order valence-electron chi connectivity index (χ3n) is 10.3. The van der Waals surface area contributed by atoms with E-state index >= 15 is 0 Å². The lowest BCUT2D eigenvalue weighted by Gasteiger charge is -2.28. The van der Waals surface area contributed by atoms with Crippen molar-refractivity contribution >= 4 is 60.4 Å². The molecule has 0 spiro atoms. The molecule has 9 aromatic carbocycles. The van der Waals surface area contributed by atoms with E-state index in [0.29, 0.717) is 0 Å². The third kappa shape index (κ3) is 5.04. The molecule has 0 aliphatic heterocycles. The smallest absolute Gasteiger partial charge is 0.0619 e. The van der Waals surface area contributed by atoms with Crippen molar-refractivity contribution in [2.24, 2.45) is 0 Å². The Morgan fingerprint density at radius 2 is 0.942 bits per heavy atom. The number of anilines is 3. The summed E-state index contributed by atoms with van der Waals surface area (Å²) in [5.41, 5.74) is 11.7. The van der Waals surface area contributed by atoms with Crippen molar-refractivity contribution in [2.45, 2.75) is 0 Å². The zero-order chi connectivity index (χ0) is 34.4. The van der Waals surface area contributed by atoms with Crippen LogP contribution in [0.3, 0.4) is 0 Å². The molecule has 2 heteroatoms. The quantitative estimate of drug-likeness (QED) is 0.172. The van der Waals surface area contributed by atoms with E-state index in [-0.39, 0.29) is 0 Å². The molecule has 0 bridgehead atoms. The minimum atomic E-state index is 1.11. The van der Waals surface area contributed by atoms with E-state index in [2.05, 4.69) is 216 Å². The number of hydrogen-bond donors (Lipinski definition) is 0. The van der Waals surface area contributed by atoms with Crippen LogP contribution in [0.25, 0.3) is 71.3 Å². The number of para-hydroxylation sites is 1. The normalized spacial score (nSPS) is 11.5. The van der Waals surface area contributed by atoms with E-state index in [1.54, 1.807) is 0 Å². The SMILES string of the molecule is c1ccc(-c2ccc(N(c3cccc(-c4ccccc4)c3)c3cccc4cc(-n5c6ccccc6c6ccc7ccccc7c65)ccc34)cc2)cc1. The summed E-state index contributed by atoms with van der Waals surface area (Å²) in [6, 6.07) is 74.7. The van der Waals surface area contributed by atoms with Crippen molar-refractivity contribution in [3.05, 3.63) is 206 Å². The largest absolute Gasteiger partial charge is 0.310 e. The van der Waals surface area contributed by atoms with Gasteiger partial charge in [0.05, 0.1) is 16.7 Å². The maximum absolute atomic E-state index is 2.45. The Morgan fingerprint density at radius 1 is 0.327 bits per heavy atom. The Kier molecular flexibility index (Phi) is 7.18. The van der Waals surface area contributed by atoms with Crippen molar-refractivity contribution in [1.82, 2.24) is 4.57 Å². The predicted molar refractivity (Wildman–Crippen MR) is 221 cm³/mol. The Hall–Kier alpha value is -6.90. The van der Waals surface area contributed by atoms with Gasteiger partial charge < -0.3 is 9.47 Å². The zero-order valence-electron chi connectivity index (χ0n) is 28.5. The molecule has 0 saturated heterocycles. The summed E-state index contributed by atoms with van der Waals surface area (Å²) in [5.74, 6) is 0. The number of benzene rings is 9. The van der Waals surface area contributed by atoms with Crippen LogP contribution in [-0.2, 0) is 0 Å². The highest BCUT2D eigenvalue weighted by molar-refractivity contribution is 6.18. The lowest BCUT2D eigenvalue weighted by Crippen LogP contribution is -2.10. The van der Waals surface area contributed by atoms with Crippen molar-refractivity contribution in [3.63, 3.8) is 0 Å². The Morgan fingerprint density at radius 3 is 1.75 bits per heavy atom. The average molecular weight is 663 g/mol. The minimum absolute atomic E-state index is 1.11. The van der Waals surface area contributed by atoms with Gasteiger partial charge in [0, 0.05) is 38.6 Å². The molecule has 10 aromatic rings. The van der Waals surface area contributed by atoms with E-state index in [0.717, 1.165) is 22.7 Å². The highest BCUT2D eigenvalue weighted by Gasteiger charge is 2.19. The first-order chi connectivity index (χ1) is 25.8. The number of fused-ring (bicyclic) bond motifs is 6. The van der Waals surface area contributed by atoms with Gasteiger partial charge in [-0.3, -0.25) is 0 Å². The van der Waals surface area contributed by atoms with Gasteiger partial charge in [0.15, 0.2) is 0 Å². The van der Waals surface area contributed by atoms with Gasteiger partial charge in [-0.25, -0.2) is 0 Å². The van der Waals surface area contributed by atoms with E-state index in [9.17, 15) is 0 Å². The fourth-order valence-corrected chi connectivity index (χ4v) is 7.90. The molecule has 0 aliphatic rings. The highest BCUT2D eigenvalue weighted by atomic mass is 15.1. The van der Waals surface area contributed by atoms with Gasteiger partial charge in [0.25, 0.3) is 0 Å². The highest BCUT2D eigenvalue weighted by Crippen LogP contribution is 2.42. The fraction of sp³-hybridized carbons (Fsp3) is 0. The Labute approximate surface area is 303 Å². The molecule has 244 valence electrons. The molecule has 2 nitrogen and oxygen atoms in total. The summed E-state index contributed by atoms with van der Waals surface area (Å²) in [6.07, 6.45) is 0. The van der Waals surface area contributed by atoms with Gasteiger partial charge in [-0.1, -0.05) is 158 Å². The fourth-order valence-electron chi connectivity index (χ4n) is 7.90. The van der Waals surface area contributed by atoms with Gasteiger partial charge in [0.2, 0.25) is 0 Å². The summed E-state index contributed by atoms with van der Waals surface area (Å²) in [4.78, 5) is 2.40. The second kappa shape index (κ2) is 12.5. The number of nitrogens with zero attached hydrogens (tertiary/aromatic N) is 2. The van der Waals surface area contributed by atoms with E-state index in [4.69, 9.17) is 0 Å². The number of aromatic nitrogens is 1. The van der Waals surface area contributed by atoms with Crippen molar-refractivity contribution < 1.29 is 0 Å². The van der Waals surface area contributed by atoms with Crippen LogP contribution in [0.2, 0.25) is 0 Å². The lowest BCUT2D eigenvalue weighted by molar-refractivity contribution is 1.19. The van der Waals surface area contributed by atoms with E-state index in [1.807, 2.05) is 0 Å². The molecule has 1 aromatic heterocycles. The van der Waals surface area contributed by atoms with Crippen LogP contribution in [0.1, 0.15) is 0 Å². The molecule has 0 radical (unpaired) electrons. The summed E-state index contributed by atoms with van der Waals surface area (Å²) >= 11 is 0. The van der Waals surface area contributed by atoms with Crippen LogP contribution in [0, 0.1) is 0 Å². The first-order valence-electron chi connectivity index (χ1n) is 17.9. The maximum Gasteiger partial charge on any atom is 0.0619 e. The van der Waals surface area contributed by atoms with E-state index in [1.165, 1.54) is 65.6 Å². The monoisotopic (exact) mass is 662 g/mol. The molecule has 0 atom stereocenters. The molecule has 0 N–H and O–H groups in total. The zero-order valence-corrected chi connectivity index (χ0v) is 28.5. The second-order valence-corrected chi connectivity index (χ2v) is 13.4. The summed E-state index contributed by atoms with van der Waals surface area (Å²) < 4.78 is 2.45. The molecule has 0 fully saturated rings. The van der Waals surface area contributed by atoms with Crippen molar-refractivity contribution in [1.29, 1.82) is 0 Å². The van der Waals surface area contributed by atoms with Crippen LogP contribution >= 0.6 is 0 Å². The Balaban J connectivity index is 1.17. The van der Waals surface area contributed by atoms with Crippen LogP contribution < -0.4 is 4.90 Å². The third-order valence-corrected chi connectivity index (χ3v) is 10.3. The molecule has 0 saturated carbocycles. The molecule has 0 unspecified atom stereocenters. The Bertz CT molecular complexity index is 2890. The average Bonchev–Trinajstić information content (AvgIpc) is 3.57. The number of rotatable bonds is 6. The summed E-state index contributed by atoms with van der Waals surface area (Å²) in [7, 11) is 0. The first-order valence-corrected chi connectivity index (χ1v) is 17.9. The van der Waals surface area contributed by atoms with Gasteiger partial charge in [-0.05, 0) is 81.6 Å². The summed E-state index contributed by atoms with van der Waals surface area (Å²) in [5, 5.41) is 7.41. The van der Waals surface area contributed by atoms with Gasteiger partial charge in [-0.2, -0.15) is 0 Å². The number of hydrogen-bond acceptors (Lipinski definition) is 1. The standard InChI is InChI=1S/C50H34N2/c1-3-13-35(14-4-1)37-25-28-41(29-26-37)51(42-20-11-18-39(33-42)36-15-5-2-6-16-36)48-24-12-19-40-34-43(30-32-44(40)48)52-49-23-10-9-22-46(49)47-31-27-38-17-7-8-21-45(38)50(47)52/h1-34H.